The number of carboxylic acid groups (broad SMARTS) is 1. The van der Waals surface area contributed by atoms with Gasteiger partial charge in [-0.3, -0.25) is 4.79 Å². The van der Waals surface area contributed by atoms with E-state index in [0.717, 1.165) is 24.3 Å². The SMILES string of the molecule is CC(C)[C@@H](NC(=O)CCNS(=O)(=O)c1ccc(F)cc1)C(=O)O. The smallest absolute Gasteiger partial charge is 0.326 e. The summed E-state index contributed by atoms with van der Waals surface area (Å²) in [5.74, 6) is -2.59. The van der Waals surface area contributed by atoms with E-state index in [-0.39, 0.29) is 23.8 Å². The molecule has 0 aliphatic carbocycles. The summed E-state index contributed by atoms with van der Waals surface area (Å²) in [6, 6.07) is 3.22. The molecule has 7 nitrogen and oxygen atoms in total. The van der Waals surface area contributed by atoms with E-state index in [1.165, 1.54) is 0 Å². The van der Waals surface area contributed by atoms with Crippen LogP contribution >= 0.6 is 0 Å². The van der Waals surface area contributed by atoms with Gasteiger partial charge in [-0.05, 0) is 30.2 Å². The molecule has 0 heterocycles. The summed E-state index contributed by atoms with van der Waals surface area (Å²) in [6.45, 7) is 3.10. The molecule has 1 aromatic rings. The number of hydrogen-bond donors (Lipinski definition) is 3. The Labute approximate surface area is 133 Å². The van der Waals surface area contributed by atoms with E-state index in [1.54, 1.807) is 13.8 Å². The van der Waals surface area contributed by atoms with Crippen LogP contribution < -0.4 is 10.0 Å². The number of benzene rings is 1. The molecular formula is C14H19FN2O5S. The predicted octanol–water partition coefficient (Wildman–Crippen LogP) is 0.719. The molecule has 1 atom stereocenters. The van der Waals surface area contributed by atoms with Crippen LogP contribution in [-0.4, -0.2) is 38.0 Å². The van der Waals surface area contributed by atoms with Crippen LogP contribution in [0.15, 0.2) is 29.2 Å². The average molecular weight is 346 g/mol. The number of aliphatic carboxylic acids is 1. The number of amides is 1. The highest BCUT2D eigenvalue weighted by atomic mass is 32.2. The second kappa shape index (κ2) is 8.02. The first-order valence-electron chi connectivity index (χ1n) is 6.91. The van der Waals surface area contributed by atoms with Crippen molar-refractivity contribution in [3.8, 4) is 0 Å². The molecule has 1 rings (SSSR count). The van der Waals surface area contributed by atoms with Gasteiger partial charge < -0.3 is 10.4 Å². The lowest BCUT2D eigenvalue weighted by Gasteiger charge is -2.17. The molecule has 0 aliphatic heterocycles. The summed E-state index contributed by atoms with van der Waals surface area (Å²) < 4.78 is 38.8. The van der Waals surface area contributed by atoms with Gasteiger partial charge in [-0.2, -0.15) is 0 Å². The van der Waals surface area contributed by atoms with Gasteiger partial charge in [-0.15, -0.1) is 0 Å². The molecule has 0 saturated heterocycles. The second-order valence-corrected chi connectivity index (χ2v) is 7.00. The maximum atomic E-state index is 12.8. The topological polar surface area (TPSA) is 113 Å². The number of carbonyl (C=O) groups is 2. The van der Waals surface area contributed by atoms with Gasteiger partial charge in [0.15, 0.2) is 0 Å². The number of carbonyl (C=O) groups excluding carboxylic acids is 1. The summed E-state index contributed by atoms with van der Waals surface area (Å²) in [6.07, 6.45) is -0.211. The summed E-state index contributed by atoms with van der Waals surface area (Å²) in [5.41, 5.74) is 0. The van der Waals surface area contributed by atoms with E-state index in [4.69, 9.17) is 5.11 Å². The fourth-order valence-corrected chi connectivity index (χ4v) is 2.79. The largest absolute Gasteiger partial charge is 0.480 e. The zero-order valence-corrected chi connectivity index (χ0v) is 13.6. The normalized spacial score (nSPS) is 12.9. The van der Waals surface area contributed by atoms with Gasteiger partial charge in [0.2, 0.25) is 15.9 Å². The van der Waals surface area contributed by atoms with Crippen LogP contribution in [0, 0.1) is 11.7 Å². The first-order chi connectivity index (χ1) is 10.6. The number of hydrogen-bond acceptors (Lipinski definition) is 4. The lowest BCUT2D eigenvalue weighted by Crippen LogP contribution is -2.45. The van der Waals surface area contributed by atoms with Crippen molar-refractivity contribution >= 4 is 21.9 Å². The number of carboxylic acids is 1. The molecule has 0 saturated carbocycles. The third-order valence-corrected chi connectivity index (χ3v) is 4.49. The standard InChI is InChI=1S/C14H19FN2O5S/c1-9(2)13(14(19)20)17-12(18)7-8-16-23(21,22)11-5-3-10(15)4-6-11/h3-6,9,13,16H,7-8H2,1-2H3,(H,17,18)(H,19,20)/t13-/m1/s1. The van der Waals surface area contributed by atoms with E-state index in [1.807, 2.05) is 0 Å². The number of rotatable bonds is 8. The monoisotopic (exact) mass is 346 g/mol. The molecule has 1 amide bonds. The zero-order chi connectivity index (χ0) is 17.6. The van der Waals surface area contributed by atoms with Gasteiger partial charge in [-0.1, -0.05) is 13.8 Å². The van der Waals surface area contributed by atoms with Crippen molar-refractivity contribution in [3.63, 3.8) is 0 Å². The van der Waals surface area contributed by atoms with Crippen LogP contribution in [0.3, 0.4) is 0 Å². The quantitative estimate of drug-likeness (QED) is 0.642. The number of nitrogens with one attached hydrogen (secondary N) is 2. The van der Waals surface area contributed by atoms with Crippen molar-refractivity contribution in [1.82, 2.24) is 10.0 Å². The molecule has 3 N–H and O–H groups in total. The Morgan fingerprint density at radius 2 is 1.78 bits per heavy atom. The minimum atomic E-state index is -3.85. The van der Waals surface area contributed by atoms with Crippen molar-refractivity contribution in [1.29, 1.82) is 0 Å². The summed E-state index contributed by atoms with van der Waals surface area (Å²) in [4.78, 5) is 22.5. The zero-order valence-electron chi connectivity index (χ0n) is 12.7. The van der Waals surface area contributed by atoms with Crippen molar-refractivity contribution in [2.75, 3.05) is 6.54 Å². The van der Waals surface area contributed by atoms with Gasteiger partial charge in [0.05, 0.1) is 4.90 Å². The Balaban J connectivity index is 2.54. The van der Waals surface area contributed by atoms with Crippen LogP contribution in [0.2, 0.25) is 0 Å². The highest BCUT2D eigenvalue weighted by Crippen LogP contribution is 2.09. The Morgan fingerprint density at radius 1 is 1.22 bits per heavy atom. The van der Waals surface area contributed by atoms with Gasteiger partial charge in [-0.25, -0.2) is 22.3 Å². The van der Waals surface area contributed by atoms with Crippen molar-refractivity contribution in [2.45, 2.75) is 31.2 Å². The molecule has 9 heteroatoms. The van der Waals surface area contributed by atoms with Crippen LogP contribution in [0.5, 0.6) is 0 Å². The van der Waals surface area contributed by atoms with Crippen molar-refractivity contribution < 1.29 is 27.5 Å². The molecule has 1 aromatic carbocycles. The minimum Gasteiger partial charge on any atom is -0.480 e. The molecule has 0 spiro atoms. The minimum absolute atomic E-state index is 0.120. The number of sulfonamides is 1. The van der Waals surface area contributed by atoms with Crippen LogP contribution in [0.1, 0.15) is 20.3 Å². The number of halogens is 1. The van der Waals surface area contributed by atoms with Crippen molar-refractivity contribution in [3.05, 3.63) is 30.1 Å². The van der Waals surface area contributed by atoms with E-state index in [0.29, 0.717) is 0 Å². The lowest BCUT2D eigenvalue weighted by molar-refractivity contribution is -0.143. The van der Waals surface area contributed by atoms with Gasteiger partial charge in [0, 0.05) is 13.0 Å². The molecule has 0 radical (unpaired) electrons. The Hall–Kier alpha value is -2.00. The van der Waals surface area contributed by atoms with Gasteiger partial charge >= 0.3 is 5.97 Å². The molecule has 128 valence electrons. The van der Waals surface area contributed by atoms with E-state index in [9.17, 15) is 22.4 Å². The second-order valence-electron chi connectivity index (χ2n) is 5.23. The third-order valence-electron chi connectivity index (χ3n) is 3.02. The average Bonchev–Trinajstić information content (AvgIpc) is 2.44. The third kappa shape index (κ3) is 5.95. The Morgan fingerprint density at radius 3 is 2.26 bits per heavy atom. The lowest BCUT2D eigenvalue weighted by atomic mass is 10.0. The van der Waals surface area contributed by atoms with Gasteiger partial charge in [0.1, 0.15) is 11.9 Å². The first-order valence-corrected chi connectivity index (χ1v) is 8.39. The molecule has 0 unspecified atom stereocenters. The Bertz CT molecular complexity index is 658. The van der Waals surface area contributed by atoms with Crippen LogP contribution in [-0.2, 0) is 19.6 Å². The molecule has 0 aliphatic rings. The molecule has 23 heavy (non-hydrogen) atoms. The fraction of sp³-hybridized carbons (Fsp3) is 0.429. The van der Waals surface area contributed by atoms with Crippen molar-refractivity contribution in [2.24, 2.45) is 5.92 Å². The van der Waals surface area contributed by atoms with E-state index >= 15 is 0 Å². The van der Waals surface area contributed by atoms with Crippen LogP contribution in [0.25, 0.3) is 0 Å². The summed E-state index contributed by atoms with van der Waals surface area (Å²) in [5, 5.41) is 11.3. The molecule has 0 bridgehead atoms. The predicted molar refractivity (Wildman–Crippen MR) is 80.6 cm³/mol. The van der Waals surface area contributed by atoms with E-state index < -0.39 is 33.8 Å². The van der Waals surface area contributed by atoms with Crippen LogP contribution in [0.4, 0.5) is 4.39 Å². The van der Waals surface area contributed by atoms with Gasteiger partial charge in [0.25, 0.3) is 0 Å². The van der Waals surface area contributed by atoms with E-state index in [2.05, 4.69) is 10.0 Å². The molecular weight excluding hydrogens is 327 g/mol. The first kappa shape index (κ1) is 19.0. The maximum absolute atomic E-state index is 12.8. The Kier molecular flexibility index (Phi) is 6.64. The molecule has 0 fully saturated rings. The summed E-state index contributed by atoms with van der Waals surface area (Å²) in [7, 11) is -3.85. The highest BCUT2D eigenvalue weighted by molar-refractivity contribution is 7.89. The summed E-state index contributed by atoms with van der Waals surface area (Å²) >= 11 is 0. The molecule has 0 aromatic heterocycles. The maximum Gasteiger partial charge on any atom is 0.326 e. The fourth-order valence-electron chi connectivity index (χ4n) is 1.76. The highest BCUT2D eigenvalue weighted by Gasteiger charge is 2.23.